The zero-order valence-electron chi connectivity index (χ0n) is 10.8. The lowest BCUT2D eigenvalue weighted by Gasteiger charge is -2.00. The Labute approximate surface area is 114 Å². The first kappa shape index (κ1) is 11.0. The van der Waals surface area contributed by atoms with Gasteiger partial charge in [0.1, 0.15) is 23.3 Å². The molecule has 0 amide bonds. The molecule has 4 rings (SSSR count). The molecule has 4 aromatic rings. The smallest absolute Gasteiger partial charge is 0.226 e. The Hall–Kier alpha value is -2.82. The molecule has 0 aliphatic carbocycles. The number of nitrogens with one attached hydrogen (secondary N) is 1. The van der Waals surface area contributed by atoms with Crippen molar-refractivity contribution >= 4 is 22.0 Å². The van der Waals surface area contributed by atoms with Crippen LogP contribution in [-0.2, 0) is 0 Å². The lowest BCUT2D eigenvalue weighted by Crippen LogP contribution is -1.90. The fraction of sp³-hybridized carbons (Fsp3) is 0.0667. The summed E-state index contributed by atoms with van der Waals surface area (Å²) in [4.78, 5) is 11.5. The number of ether oxygens (including phenoxy) is 1. The fourth-order valence-electron chi connectivity index (χ4n) is 2.40. The molecule has 0 saturated carbocycles. The van der Waals surface area contributed by atoms with Crippen LogP contribution < -0.4 is 4.74 Å². The van der Waals surface area contributed by atoms with E-state index in [1.165, 1.54) is 6.33 Å². The average Bonchev–Trinajstić information content (AvgIpc) is 3.10. The minimum absolute atomic E-state index is 0.534. The Bertz CT molecular complexity index is 875. The number of benzene rings is 1. The third kappa shape index (κ3) is 1.50. The first-order chi connectivity index (χ1) is 9.86. The van der Waals surface area contributed by atoms with Gasteiger partial charge in [-0.2, -0.15) is 0 Å². The van der Waals surface area contributed by atoms with Gasteiger partial charge in [-0.15, -0.1) is 0 Å². The molecule has 0 aliphatic heterocycles. The Balaban J connectivity index is 2.02. The van der Waals surface area contributed by atoms with Crippen LogP contribution in [0, 0.1) is 0 Å². The van der Waals surface area contributed by atoms with E-state index in [1.54, 1.807) is 7.11 Å². The second-order valence-electron chi connectivity index (χ2n) is 4.46. The lowest BCUT2D eigenvalue weighted by atomic mass is 10.1. The first-order valence-corrected chi connectivity index (χ1v) is 6.22. The van der Waals surface area contributed by atoms with Crippen molar-refractivity contribution in [1.82, 2.24) is 15.0 Å². The van der Waals surface area contributed by atoms with Gasteiger partial charge in [0.05, 0.1) is 12.5 Å². The summed E-state index contributed by atoms with van der Waals surface area (Å²) in [5.74, 6) is 1.30. The van der Waals surface area contributed by atoms with Gasteiger partial charge in [0, 0.05) is 17.1 Å². The molecule has 0 fully saturated rings. The summed E-state index contributed by atoms with van der Waals surface area (Å²) in [6.45, 7) is 0. The Morgan fingerprint density at radius 1 is 1.20 bits per heavy atom. The molecular weight excluding hydrogens is 254 g/mol. The predicted octanol–water partition coefficient (Wildman–Crippen LogP) is 3.38. The van der Waals surface area contributed by atoms with E-state index in [0.717, 1.165) is 33.3 Å². The van der Waals surface area contributed by atoms with Crippen LogP contribution >= 0.6 is 0 Å². The molecule has 3 heterocycles. The number of furan rings is 1. The number of aromatic nitrogens is 3. The van der Waals surface area contributed by atoms with Crippen LogP contribution in [0.2, 0.25) is 0 Å². The van der Waals surface area contributed by atoms with E-state index in [2.05, 4.69) is 15.0 Å². The lowest BCUT2D eigenvalue weighted by molar-refractivity contribution is 0.402. The van der Waals surface area contributed by atoms with Crippen molar-refractivity contribution < 1.29 is 9.15 Å². The van der Waals surface area contributed by atoms with Crippen LogP contribution in [0.3, 0.4) is 0 Å². The van der Waals surface area contributed by atoms with E-state index in [4.69, 9.17) is 9.15 Å². The zero-order valence-corrected chi connectivity index (χ0v) is 10.8. The van der Waals surface area contributed by atoms with Gasteiger partial charge >= 0.3 is 0 Å². The number of aromatic amines is 1. The second-order valence-corrected chi connectivity index (χ2v) is 4.46. The Morgan fingerprint density at radius 2 is 2.10 bits per heavy atom. The molecule has 98 valence electrons. The monoisotopic (exact) mass is 265 g/mol. The number of para-hydroxylation sites is 1. The predicted molar refractivity (Wildman–Crippen MR) is 75.6 cm³/mol. The van der Waals surface area contributed by atoms with Gasteiger partial charge in [0.25, 0.3) is 0 Å². The minimum Gasteiger partial charge on any atom is -0.480 e. The first-order valence-electron chi connectivity index (χ1n) is 6.22. The van der Waals surface area contributed by atoms with Gasteiger partial charge in [-0.05, 0) is 12.1 Å². The van der Waals surface area contributed by atoms with Crippen molar-refractivity contribution in [2.45, 2.75) is 0 Å². The molecule has 1 aromatic carbocycles. The highest BCUT2D eigenvalue weighted by Crippen LogP contribution is 2.35. The highest BCUT2D eigenvalue weighted by atomic mass is 16.5. The van der Waals surface area contributed by atoms with Gasteiger partial charge in [-0.25, -0.2) is 9.97 Å². The molecule has 0 saturated heterocycles. The van der Waals surface area contributed by atoms with E-state index >= 15 is 0 Å². The standard InChI is InChI=1S/C15H11N3O2/c1-19-15-13-10(7-16-14(13)17-8-18-15)12-6-9-4-2-3-5-11(9)20-12/h2-8H,1H3,(H,16,17,18). The van der Waals surface area contributed by atoms with Gasteiger partial charge in [-0.1, -0.05) is 18.2 Å². The summed E-state index contributed by atoms with van der Waals surface area (Å²) in [5, 5.41) is 1.89. The molecule has 0 unspecified atom stereocenters. The fourth-order valence-corrected chi connectivity index (χ4v) is 2.40. The van der Waals surface area contributed by atoms with Gasteiger partial charge in [0.2, 0.25) is 5.88 Å². The minimum atomic E-state index is 0.534. The molecular formula is C15H11N3O2. The number of hydrogen-bond donors (Lipinski definition) is 1. The van der Waals surface area contributed by atoms with E-state index in [1.807, 2.05) is 36.5 Å². The summed E-state index contributed by atoms with van der Waals surface area (Å²) in [6.07, 6.45) is 3.33. The molecule has 5 nitrogen and oxygen atoms in total. The highest BCUT2D eigenvalue weighted by Gasteiger charge is 2.16. The molecule has 0 spiro atoms. The summed E-state index contributed by atoms with van der Waals surface area (Å²) in [5.41, 5.74) is 2.48. The van der Waals surface area contributed by atoms with Gasteiger partial charge < -0.3 is 14.1 Å². The van der Waals surface area contributed by atoms with Crippen molar-refractivity contribution in [3.05, 3.63) is 42.9 Å². The number of methoxy groups -OCH3 is 1. The number of nitrogens with zero attached hydrogens (tertiary/aromatic N) is 2. The molecule has 3 aromatic heterocycles. The van der Waals surface area contributed by atoms with Crippen molar-refractivity contribution in [1.29, 1.82) is 0 Å². The topological polar surface area (TPSA) is 63.9 Å². The largest absolute Gasteiger partial charge is 0.480 e. The number of H-pyrrole nitrogens is 1. The van der Waals surface area contributed by atoms with Crippen LogP contribution in [0.4, 0.5) is 0 Å². The molecule has 1 N–H and O–H groups in total. The van der Waals surface area contributed by atoms with Crippen molar-refractivity contribution in [3.8, 4) is 17.2 Å². The summed E-state index contributed by atoms with van der Waals surface area (Å²) in [6, 6.07) is 9.91. The van der Waals surface area contributed by atoms with Crippen LogP contribution in [-0.4, -0.2) is 22.1 Å². The Kier molecular flexibility index (Phi) is 2.26. The number of rotatable bonds is 2. The maximum absolute atomic E-state index is 5.89. The normalized spacial score (nSPS) is 11.2. The van der Waals surface area contributed by atoms with Crippen molar-refractivity contribution in [2.75, 3.05) is 7.11 Å². The third-order valence-corrected chi connectivity index (χ3v) is 3.32. The number of hydrogen-bond acceptors (Lipinski definition) is 4. The summed E-state index contributed by atoms with van der Waals surface area (Å²) in [7, 11) is 1.59. The van der Waals surface area contributed by atoms with E-state index in [0.29, 0.717) is 5.88 Å². The molecule has 20 heavy (non-hydrogen) atoms. The van der Waals surface area contributed by atoms with E-state index < -0.39 is 0 Å². The highest BCUT2D eigenvalue weighted by molar-refractivity contribution is 5.97. The van der Waals surface area contributed by atoms with Crippen LogP contribution in [0.25, 0.3) is 33.3 Å². The molecule has 0 bridgehead atoms. The van der Waals surface area contributed by atoms with Crippen LogP contribution in [0.5, 0.6) is 5.88 Å². The third-order valence-electron chi connectivity index (χ3n) is 3.32. The van der Waals surface area contributed by atoms with E-state index in [-0.39, 0.29) is 0 Å². The Morgan fingerprint density at radius 3 is 2.95 bits per heavy atom. The molecule has 0 radical (unpaired) electrons. The summed E-state index contributed by atoms with van der Waals surface area (Å²) >= 11 is 0. The molecule has 0 atom stereocenters. The van der Waals surface area contributed by atoms with Crippen molar-refractivity contribution in [3.63, 3.8) is 0 Å². The van der Waals surface area contributed by atoms with Gasteiger partial charge in [0.15, 0.2) is 0 Å². The van der Waals surface area contributed by atoms with E-state index in [9.17, 15) is 0 Å². The SMILES string of the molecule is COc1ncnc2[nH]cc(-c3cc4ccccc4o3)c12. The maximum atomic E-state index is 5.89. The van der Waals surface area contributed by atoms with Gasteiger partial charge in [-0.3, -0.25) is 0 Å². The second kappa shape index (κ2) is 4.09. The molecule has 5 heteroatoms. The van der Waals surface area contributed by atoms with Crippen molar-refractivity contribution in [2.24, 2.45) is 0 Å². The maximum Gasteiger partial charge on any atom is 0.226 e. The average molecular weight is 265 g/mol. The van der Waals surface area contributed by atoms with Crippen LogP contribution in [0.1, 0.15) is 0 Å². The zero-order chi connectivity index (χ0) is 13.5. The summed E-state index contributed by atoms with van der Waals surface area (Å²) < 4.78 is 11.2. The quantitative estimate of drug-likeness (QED) is 0.603. The van der Waals surface area contributed by atoms with Crippen LogP contribution in [0.15, 0.2) is 47.3 Å². The number of fused-ring (bicyclic) bond motifs is 2. The molecule has 0 aliphatic rings.